The fourth-order valence-electron chi connectivity index (χ4n) is 3.77. The predicted octanol–water partition coefficient (Wildman–Crippen LogP) is 4.65. The summed E-state index contributed by atoms with van der Waals surface area (Å²) >= 11 is 0. The van der Waals surface area contributed by atoms with Crippen LogP contribution in [0.4, 0.5) is 0 Å². The van der Waals surface area contributed by atoms with Crippen LogP contribution in [0.1, 0.15) is 129 Å². The van der Waals surface area contributed by atoms with Crippen LogP contribution in [0.2, 0.25) is 0 Å². The maximum Gasteiger partial charge on any atom is 0.305 e. The number of rotatable bonds is 24. The summed E-state index contributed by atoms with van der Waals surface area (Å²) in [5, 5.41) is 0. The first-order valence-electron chi connectivity index (χ1n) is 13.6. The van der Waals surface area contributed by atoms with Crippen molar-refractivity contribution >= 4 is 5.97 Å². The second-order valence-electron chi connectivity index (χ2n) is 9.97. The zero-order valence-electron chi connectivity index (χ0n) is 22.1. The molecule has 0 aromatic carbocycles. The lowest BCUT2D eigenvalue weighted by Gasteiger charge is -2.28. The van der Waals surface area contributed by atoms with Gasteiger partial charge in [-0.05, 0) is 12.8 Å². The van der Waals surface area contributed by atoms with E-state index in [0.717, 1.165) is 36.9 Å². The van der Waals surface area contributed by atoms with Gasteiger partial charge in [0.1, 0.15) is 13.2 Å². The van der Waals surface area contributed by atoms with Crippen molar-refractivity contribution in [2.24, 2.45) is 0 Å². The van der Waals surface area contributed by atoms with E-state index in [1.54, 1.807) is 0 Å². The second-order valence-corrected chi connectivity index (χ2v) is 9.97. The molecule has 0 spiro atoms. The summed E-state index contributed by atoms with van der Waals surface area (Å²) in [6, 6.07) is 0. The van der Waals surface area contributed by atoms with Crippen molar-refractivity contribution in [1.82, 2.24) is 0 Å². The number of quaternary nitrogens is 1. The SMILES string of the molecule is CCCCCCCCCCCCOC[N+](C)(C)CCOC(=O)CCCCCCCCC.[Cl-]. The zero-order valence-corrected chi connectivity index (χ0v) is 22.9. The van der Waals surface area contributed by atoms with Crippen LogP contribution in [-0.4, -0.2) is 51.0 Å². The summed E-state index contributed by atoms with van der Waals surface area (Å²) < 4.78 is 12.0. The Kier molecular flexibility index (Phi) is 26.8. The van der Waals surface area contributed by atoms with E-state index in [1.165, 1.54) is 89.9 Å². The lowest BCUT2D eigenvalue weighted by atomic mass is 10.1. The molecule has 0 aliphatic rings. The predicted molar refractivity (Wildman–Crippen MR) is 133 cm³/mol. The number of halogens is 1. The summed E-state index contributed by atoms with van der Waals surface area (Å²) in [6.45, 7) is 7.34. The Morgan fingerprint density at radius 1 is 0.625 bits per heavy atom. The van der Waals surface area contributed by atoms with Crippen LogP contribution in [0, 0.1) is 0 Å². The topological polar surface area (TPSA) is 35.5 Å². The third kappa shape index (κ3) is 25.9. The van der Waals surface area contributed by atoms with Gasteiger partial charge < -0.3 is 26.4 Å². The number of hydrogen-bond donors (Lipinski definition) is 0. The molecule has 5 heteroatoms. The van der Waals surface area contributed by atoms with Crippen LogP contribution in [-0.2, 0) is 14.3 Å². The molecule has 0 atom stereocenters. The minimum atomic E-state index is -0.0418. The maximum atomic E-state index is 11.9. The second kappa shape index (κ2) is 25.3. The Bertz CT molecular complexity index is 391. The number of esters is 1. The zero-order chi connectivity index (χ0) is 23.0. The molecule has 0 heterocycles. The summed E-state index contributed by atoms with van der Waals surface area (Å²) in [5.74, 6) is -0.0418. The highest BCUT2D eigenvalue weighted by Crippen LogP contribution is 2.11. The molecule has 0 bridgehead atoms. The van der Waals surface area contributed by atoms with Gasteiger partial charge in [0, 0.05) is 6.42 Å². The Labute approximate surface area is 207 Å². The molecule has 0 aromatic heterocycles. The quantitative estimate of drug-likeness (QED) is 0.0878. The van der Waals surface area contributed by atoms with E-state index in [0.29, 0.717) is 19.8 Å². The summed E-state index contributed by atoms with van der Waals surface area (Å²) in [7, 11) is 4.28. The first kappa shape index (κ1) is 33.9. The van der Waals surface area contributed by atoms with Gasteiger partial charge >= 0.3 is 5.97 Å². The molecule has 0 rings (SSSR count). The molecule has 0 unspecified atom stereocenters. The molecule has 0 N–H and O–H groups in total. The number of carbonyl (C=O) groups is 1. The molecule has 0 amide bonds. The van der Waals surface area contributed by atoms with Gasteiger partial charge in [-0.3, -0.25) is 4.79 Å². The van der Waals surface area contributed by atoms with Crippen molar-refractivity contribution in [1.29, 1.82) is 0 Å². The Hall–Kier alpha value is -0.320. The molecule has 0 radical (unpaired) electrons. The minimum absolute atomic E-state index is 0. The normalized spacial score (nSPS) is 11.4. The van der Waals surface area contributed by atoms with Crippen molar-refractivity contribution in [2.75, 3.05) is 40.6 Å². The molecule has 0 fully saturated rings. The van der Waals surface area contributed by atoms with Crippen molar-refractivity contribution in [3.63, 3.8) is 0 Å². The molecule has 0 aliphatic carbocycles. The van der Waals surface area contributed by atoms with E-state index in [9.17, 15) is 4.79 Å². The molecular formula is C27H56ClNO3. The monoisotopic (exact) mass is 477 g/mol. The fourth-order valence-corrected chi connectivity index (χ4v) is 3.77. The average Bonchev–Trinajstić information content (AvgIpc) is 2.73. The molecule has 0 aliphatic heterocycles. The molecular weight excluding hydrogens is 422 g/mol. The van der Waals surface area contributed by atoms with Gasteiger partial charge in [0.15, 0.2) is 6.73 Å². The van der Waals surface area contributed by atoms with Crippen molar-refractivity contribution < 1.29 is 31.2 Å². The van der Waals surface area contributed by atoms with Gasteiger partial charge in [0.25, 0.3) is 0 Å². The summed E-state index contributed by atoms with van der Waals surface area (Å²) in [4.78, 5) is 11.9. The number of unbranched alkanes of at least 4 members (excludes halogenated alkanes) is 15. The van der Waals surface area contributed by atoms with Gasteiger partial charge in [-0.2, -0.15) is 0 Å². The Morgan fingerprint density at radius 2 is 1.06 bits per heavy atom. The highest BCUT2D eigenvalue weighted by atomic mass is 35.5. The van der Waals surface area contributed by atoms with Crippen molar-refractivity contribution in [3.8, 4) is 0 Å². The van der Waals surface area contributed by atoms with E-state index in [2.05, 4.69) is 27.9 Å². The van der Waals surface area contributed by atoms with Crippen LogP contribution in [0.15, 0.2) is 0 Å². The van der Waals surface area contributed by atoms with Crippen LogP contribution < -0.4 is 12.4 Å². The Morgan fingerprint density at radius 3 is 1.56 bits per heavy atom. The third-order valence-corrected chi connectivity index (χ3v) is 6.03. The highest BCUT2D eigenvalue weighted by Gasteiger charge is 2.16. The smallest absolute Gasteiger partial charge is 0.305 e. The minimum Gasteiger partial charge on any atom is -1.00 e. The van der Waals surface area contributed by atoms with Gasteiger partial charge in [-0.15, -0.1) is 0 Å². The number of nitrogens with zero attached hydrogens (tertiary/aromatic N) is 1. The first-order valence-corrected chi connectivity index (χ1v) is 13.6. The van der Waals surface area contributed by atoms with E-state index in [4.69, 9.17) is 9.47 Å². The first-order chi connectivity index (χ1) is 15.0. The third-order valence-electron chi connectivity index (χ3n) is 6.03. The molecule has 0 saturated heterocycles. The number of hydrogen-bond acceptors (Lipinski definition) is 3. The van der Waals surface area contributed by atoms with Gasteiger partial charge in [0.2, 0.25) is 0 Å². The van der Waals surface area contributed by atoms with Crippen molar-refractivity contribution in [3.05, 3.63) is 0 Å². The van der Waals surface area contributed by atoms with E-state index in [1.807, 2.05) is 0 Å². The van der Waals surface area contributed by atoms with Gasteiger partial charge in [-0.25, -0.2) is 0 Å². The summed E-state index contributed by atoms with van der Waals surface area (Å²) in [5.41, 5.74) is 0. The fraction of sp³-hybridized carbons (Fsp3) is 0.963. The lowest BCUT2D eigenvalue weighted by molar-refractivity contribution is -0.909. The molecule has 194 valence electrons. The molecule has 32 heavy (non-hydrogen) atoms. The number of ether oxygens (including phenoxy) is 2. The van der Waals surface area contributed by atoms with Crippen molar-refractivity contribution in [2.45, 2.75) is 129 Å². The number of carbonyl (C=O) groups excluding carboxylic acids is 1. The van der Waals surface area contributed by atoms with Crippen LogP contribution >= 0.6 is 0 Å². The Balaban J connectivity index is 0. The molecule has 0 aromatic rings. The van der Waals surface area contributed by atoms with Gasteiger partial charge in [-0.1, -0.05) is 110 Å². The van der Waals surface area contributed by atoms with Gasteiger partial charge in [0.05, 0.1) is 20.7 Å². The largest absolute Gasteiger partial charge is 1.00 e. The van der Waals surface area contributed by atoms with E-state index < -0.39 is 0 Å². The summed E-state index contributed by atoms with van der Waals surface area (Å²) in [6.07, 6.45) is 22.7. The van der Waals surface area contributed by atoms with Crippen LogP contribution in [0.3, 0.4) is 0 Å². The van der Waals surface area contributed by atoms with Crippen LogP contribution in [0.5, 0.6) is 0 Å². The van der Waals surface area contributed by atoms with E-state index >= 15 is 0 Å². The standard InChI is InChI=1S/C27H56NO3.ClH/c1-5-7-9-11-13-14-15-17-19-21-24-30-26-28(3,4)23-25-31-27(29)22-20-18-16-12-10-8-6-2;/h5-26H2,1-4H3;1H/q+1;/p-1. The maximum absolute atomic E-state index is 11.9. The van der Waals surface area contributed by atoms with Crippen LogP contribution in [0.25, 0.3) is 0 Å². The highest BCUT2D eigenvalue weighted by molar-refractivity contribution is 5.69. The molecule has 0 saturated carbocycles. The van der Waals surface area contributed by atoms with E-state index in [-0.39, 0.29) is 18.4 Å². The lowest BCUT2D eigenvalue weighted by Crippen LogP contribution is -3.00. The molecule has 4 nitrogen and oxygen atoms in total. The average molecular weight is 478 g/mol. The number of likely N-dealkylation sites (N-methyl/N-ethyl adjacent to an activating group) is 1.